The monoisotopic (exact) mass is 477 g/mol. The van der Waals surface area contributed by atoms with E-state index in [0.29, 0.717) is 35.0 Å². The summed E-state index contributed by atoms with van der Waals surface area (Å²) in [5, 5.41) is 19.9. The number of benzene rings is 2. The van der Waals surface area contributed by atoms with E-state index in [0.717, 1.165) is 18.4 Å². The van der Waals surface area contributed by atoms with Crippen LogP contribution in [-0.2, 0) is 16.8 Å². The van der Waals surface area contributed by atoms with Gasteiger partial charge in [0.15, 0.2) is 5.78 Å². The van der Waals surface area contributed by atoms with Crippen LogP contribution in [-0.4, -0.2) is 52.6 Å². The van der Waals surface area contributed by atoms with Crippen molar-refractivity contribution in [3.05, 3.63) is 64.7 Å². The number of phenols is 1. The van der Waals surface area contributed by atoms with Crippen molar-refractivity contribution in [2.75, 3.05) is 20.1 Å². The molecule has 1 fully saturated rings. The maximum absolute atomic E-state index is 13.5. The average molecular weight is 478 g/mol. The number of ketones is 1. The highest BCUT2D eigenvalue weighted by Crippen LogP contribution is 2.38. The van der Waals surface area contributed by atoms with Gasteiger partial charge >= 0.3 is 0 Å². The van der Waals surface area contributed by atoms with Crippen molar-refractivity contribution in [2.45, 2.75) is 65.3 Å². The highest BCUT2D eigenvalue weighted by atomic mass is 16.3. The quantitative estimate of drug-likeness (QED) is 0.503. The van der Waals surface area contributed by atoms with Crippen LogP contribution in [0.1, 0.15) is 80.4 Å². The number of phenolic OH excluding ortho intramolecular Hbond substituents is 1. The summed E-state index contributed by atoms with van der Waals surface area (Å²) in [5.74, 6) is 0.715. The molecular weight excluding hydrogens is 438 g/mol. The summed E-state index contributed by atoms with van der Waals surface area (Å²) in [6.45, 7) is 10.6. The average Bonchev–Trinajstić information content (AvgIpc) is 3.09. The van der Waals surface area contributed by atoms with Crippen LogP contribution < -0.4 is 0 Å². The Kier molecular flexibility index (Phi) is 8.04. The van der Waals surface area contributed by atoms with Crippen LogP contribution in [0.3, 0.4) is 0 Å². The zero-order valence-corrected chi connectivity index (χ0v) is 21.9. The van der Waals surface area contributed by atoms with Gasteiger partial charge in [0.2, 0.25) is 5.91 Å². The second-order valence-electron chi connectivity index (χ2n) is 10.8. The molecule has 0 saturated carbocycles. The van der Waals surface area contributed by atoms with Crippen molar-refractivity contribution in [3.8, 4) is 5.75 Å². The van der Waals surface area contributed by atoms with E-state index in [1.165, 1.54) is 11.8 Å². The Bertz CT molecular complexity index is 1090. The third-order valence-electron chi connectivity index (χ3n) is 6.98. The van der Waals surface area contributed by atoms with Crippen molar-refractivity contribution in [3.63, 3.8) is 0 Å². The van der Waals surface area contributed by atoms with E-state index in [9.17, 15) is 14.7 Å². The number of carbonyl (C=O) groups excluding carboxylic acids is 2. The lowest BCUT2D eigenvalue weighted by Crippen LogP contribution is -2.32. The summed E-state index contributed by atoms with van der Waals surface area (Å²) in [6.07, 6.45) is 2.03. The second kappa shape index (κ2) is 10.6. The number of Topliss-reactive ketones (excluding diaryl/α,β-unsaturated/α-hetero) is 1. The van der Waals surface area contributed by atoms with Crippen LogP contribution >= 0.6 is 0 Å². The number of amides is 1. The lowest BCUT2D eigenvalue weighted by Gasteiger charge is -2.25. The zero-order valence-electron chi connectivity index (χ0n) is 21.9. The van der Waals surface area contributed by atoms with Crippen molar-refractivity contribution in [1.82, 2.24) is 9.80 Å². The molecule has 0 radical (unpaired) electrons. The molecular formula is C29H39N3O3. The number of hydrogen-bond acceptors (Lipinski definition) is 4. The lowest BCUT2D eigenvalue weighted by atomic mass is 9.83. The molecule has 1 aliphatic rings. The van der Waals surface area contributed by atoms with Crippen molar-refractivity contribution >= 4 is 17.5 Å². The van der Waals surface area contributed by atoms with Gasteiger partial charge in [-0.2, -0.15) is 0 Å². The van der Waals surface area contributed by atoms with E-state index in [1.807, 2.05) is 43.9 Å². The molecule has 0 spiro atoms. The van der Waals surface area contributed by atoms with Crippen LogP contribution in [0, 0.1) is 11.3 Å². The smallest absolute Gasteiger partial charge is 0.219 e. The van der Waals surface area contributed by atoms with Gasteiger partial charge in [0, 0.05) is 49.7 Å². The molecule has 0 unspecified atom stereocenters. The van der Waals surface area contributed by atoms with Crippen molar-refractivity contribution in [2.24, 2.45) is 5.92 Å². The second-order valence-corrected chi connectivity index (χ2v) is 10.8. The number of aromatic hydroxyl groups is 1. The van der Waals surface area contributed by atoms with Crippen LogP contribution in [0.5, 0.6) is 5.75 Å². The van der Waals surface area contributed by atoms with Gasteiger partial charge in [-0.15, -0.1) is 0 Å². The topological polar surface area (TPSA) is 84.7 Å². The predicted octanol–water partition coefficient (Wildman–Crippen LogP) is 5.34. The van der Waals surface area contributed by atoms with Gasteiger partial charge in [-0.05, 0) is 35.4 Å². The molecule has 0 aliphatic carbocycles. The van der Waals surface area contributed by atoms with E-state index in [-0.39, 0.29) is 41.9 Å². The Morgan fingerprint density at radius 3 is 2.40 bits per heavy atom. The first kappa shape index (κ1) is 26.5. The number of hydrogen-bond donors (Lipinski definition) is 2. The number of nitrogens with zero attached hydrogens (tertiary/aromatic N) is 2. The normalized spacial score (nSPS) is 18.1. The van der Waals surface area contributed by atoms with Gasteiger partial charge in [0.05, 0.1) is 6.54 Å². The van der Waals surface area contributed by atoms with Gasteiger partial charge in [0.1, 0.15) is 11.6 Å². The van der Waals surface area contributed by atoms with Crippen LogP contribution in [0.2, 0.25) is 0 Å². The van der Waals surface area contributed by atoms with Crippen LogP contribution in [0.15, 0.2) is 42.5 Å². The molecule has 2 aromatic rings. The Labute approximate surface area is 209 Å². The van der Waals surface area contributed by atoms with Crippen LogP contribution in [0.25, 0.3) is 0 Å². The van der Waals surface area contributed by atoms with E-state index in [2.05, 4.69) is 19.1 Å². The molecule has 1 heterocycles. The summed E-state index contributed by atoms with van der Waals surface area (Å²) in [5.41, 5.74) is 2.48. The fourth-order valence-electron chi connectivity index (χ4n) is 4.95. The zero-order chi connectivity index (χ0) is 25.9. The number of likely N-dealkylation sites (tertiary alicyclic amines) is 1. The van der Waals surface area contributed by atoms with Gasteiger partial charge < -0.3 is 14.9 Å². The predicted molar refractivity (Wildman–Crippen MR) is 140 cm³/mol. The summed E-state index contributed by atoms with van der Waals surface area (Å²) < 4.78 is 0. The minimum atomic E-state index is -0.380. The van der Waals surface area contributed by atoms with E-state index in [1.54, 1.807) is 19.2 Å². The lowest BCUT2D eigenvalue weighted by molar-refractivity contribution is -0.128. The Hall–Kier alpha value is -3.15. The minimum Gasteiger partial charge on any atom is -0.507 e. The fraction of sp³-hybridized carbons (Fsp3) is 0.483. The fourth-order valence-corrected chi connectivity index (χ4v) is 4.95. The molecule has 1 aliphatic heterocycles. The molecule has 2 atom stereocenters. The summed E-state index contributed by atoms with van der Waals surface area (Å²) in [6, 6.07) is 13.6. The maximum atomic E-state index is 13.5. The van der Waals surface area contributed by atoms with Crippen molar-refractivity contribution < 1.29 is 14.7 Å². The summed E-state index contributed by atoms with van der Waals surface area (Å²) in [4.78, 5) is 28.7. The molecule has 6 heteroatoms. The minimum absolute atomic E-state index is 0.00585. The molecule has 6 nitrogen and oxygen atoms in total. The van der Waals surface area contributed by atoms with Gasteiger partial charge in [-0.1, -0.05) is 64.4 Å². The maximum Gasteiger partial charge on any atom is 0.219 e. The molecule has 0 aromatic heterocycles. The van der Waals surface area contributed by atoms with Gasteiger partial charge in [-0.3, -0.25) is 15.0 Å². The molecule has 0 bridgehead atoms. The standard InChI is InChI=1S/C29H39N3O3/c1-7-11-21-17-32(28(30)26(21)20-12-9-8-10-13-20)18-25(34)22-14-23(16-31(6)19(2)33)27(35)24(15-22)29(3,4)5/h8-10,12-15,21,26,30,35H,7,11,16-18H2,1-6H3/t21-,26+/m0/s1. The van der Waals surface area contributed by atoms with Gasteiger partial charge in [0.25, 0.3) is 0 Å². The van der Waals surface area contributed by atoms with Gasteiger partial charge in [-0.25, -0.2) is 0 Å². The summed E-state index contributed by atoms with van der Waals surface area (Å²) >= 11 is 0. The highest BCUT2D eigenvalue weighted by molar-refractivity contribution is 6.01. The molecule has 3 rings (SSSR count). The van der Waals surface area contributed by atoms with E-state index < -0.39 is 0 Å². The number of rotatable bonds is 8. The SMILES string of the molecule is CCC[C@H]1CN(CC(=O)c2cc(CN(C)C(C)=O)c(O)c(C(C)(C)C)c2)C(=N)[C@@H]1c1ccccc1. The first-order valence-electron chi connectivity index (χ1n) is 12.4. The first-order chi connectivity index (χ1) is 16.4. The molecule has 2 aromatic carbocycles. The number of amidine groups is 1. The van der Waals surface area contributed by atoms with Crippen LogP contribution in [0.4, 0.5) is 0 Å². The largest absolute Gasteiger partial charge is 0.507 e. The molecule has 2 N–H and O–H groups in total. The summed E-state index contributed by atoms with van der Waals surface area (Å²) in [7, 11) is 1.68. The third kappa shape index (κ3) is 5.92. The number of nitrogens with one attached hydrogen (secondary N) is 1. The molecule has 188 valence electrons. The molecule has 1 saturated heterocycles. The Balaban J connectivity index is 1.91. The molecule has 35 heavy (non-hydrogen) atoms. The number of carbonyl (C=O) groups is 2. The van der Waals surface area contributed by atoms with E-state index >= 15 is 0 Å². The highest BCUT2D eigenvalue weighted by Gasteiger charge is 2.38. The van der Waals surface area contributed by atoms with Crippen molar-refractivity contribution in [1.29, 1.82) is 5.41 Å². The Morgan fingerprint density at radius 1 is 1.17 bits per heavy atom. The third-order valence-corrected chi connectivity index (χ3v) is 6.98. The molecule has 1 amide bonds. The van der Waals surface area contributed by atoms with E-state index in [4.69, 9.17) is 5.41 Å². The Morgan fingerprint density at radius 2 is 1.83 bits per heavy atom. The first-order valence-corrected chi connectivity index (χ1v) is 12.4.